The van der Waals surface area contributed by atoms with Crippen molar-refractivity contribution in [3.8, 4) is 16.9 Å². The van der Waals surface area contributed by atoms with E-state index in [0.29, 0.717) is 0 Å². The second-order valence-corrected chi connectivity index (χ2v) is 4.09. The van der Waals surface area contributed by atoms with Gasteiger partial charge in [0.1, 0.15) is 5.75 Å². The van der Waals surface area contributed by atoms with Gasteiger partial charge >= 0.3 is 6.18 Å². The molecule has 94 valence electrons. The first kappa shape index (κ1) is 12.8. The Bertz CT molecular complexity index is 579. The van der Waals surface area contributed by atoms with Gasteiger partial charge in [-0.15, -0.1) is 0 Å². The number of halogens is 4. The van der Waals surface area contributed by atoms with Crippen LogP contribution in [0.3, 0.4) is 0 Å². The highest BCUT2D eigenvalue weighted by atomic mass is 35.5. The standard InChI is InChI=1S/C13H8ClF3O/c14-11-7-3-5-9(12(11)18)8-4-1-2-6-10(8)13(15,16)17/h1-7,18H. The Labute approximate surface area is 106 Å². The molecule has 0 unspecified atom stereocenters. The zero-order chi connectivity index (χ0) is 13.3. The van der Waals surface area contributed by atoms with Crippen molar-refractivity contribution in [3.63, 3.8) is 0 Å². The molecular formula is C13H8ClF3O. The normalized spacial score (nSPS) is 11.6. The summed E-state index contributed by atoms with van der Waals surface area (Å²) >= 11 is 5.70. The Morgan fingerprint density at radius 3 is 2.17 bits per heavy atom. The van der Waals surface area contributed by atoms with Gasteiger partial charge in [-0.2, -0.15) is 13.2 Å². The third kappa shape index (κ3) is 2.29. The van der Waals surface area contributed by atoms with Crippen LogP contribution in [0.15, 0.2) is 42.5 Å². The molecule has 0 aromatic heterocycles. The predicted octanol–water partition coefficient (Wildman–Crippen LogP) is 4.73. The number of phenolic OH excluding ortho intramolecular Hbond substituents is 1. The number of benzene rings is 2. The van der Waals surface area contributed by atoms with Crippen molar-refractivity contribution in [2.24, 2.45) is 0 Å². The van der Waals surface area contributed by atoms with Gasteiger partial charge in [-0.1, -0.05) is 41.9 Å². The molecule has 0 amide bonds. The van der Waals surface area contributed by atoms with Gasteiger partial charge in [0.2, 0.25) is 0 Å². The van der Waals surface area contributed by atoms with E-state index < -0.39 is 11.7 Å². The van der Waals surface area contributed by atoms with Crippen molar-refractivity contribution in [2.75, 3.05) is 0 Å². The summed E-state index contributed by atoms with van der Waals surface area (Å²) in [6.07, 6.45) is -4.48. The maximum atomic E-state index is 12.9. The van der Waals surface area contributed by atoms with E-state index in [1.165, 1.54) is 36.4 Å². The molecule has 2 aromatic rings. The highest BCUT2D eigenvalue weighted by molar-refractivity contribution is 6.32. The average molecular weight is 273 g/mol. The number of aromatic hydroxyl groups is 1. The third-order valence-electron chi connectivity index (χ3n) is 2.51. The van der Waals surface area contributed by atoms with E-state index in [9.17, 15) is 18.3 Å². The van der Waals surface area contributed by atoms with Crippen LogP contribution >= 0.6 is 11.6 Å². The summed E-state index contributed by atoms with van der Waals surface area (Å²) < 4.78 is 38.6. The number of para-hydroxylation sites is 1. The van der Waals surface area contributed by atoms with Crippen LogP contribution in [0.5, 0.6) is 5.75 Å². The maximum absolute atomic E-state index is 12.9. The van der Waals surface area contributed by atoms with Gasteiger partial charge in [0.15, 0.2) is 0 Å². The van der Waals surface area contributed by atoms with E-state index in [0.717, 1.165) is 6.07 Å². The first-order chi connectivity index (χ1) is 8.41. The van der Waals surface area contributed by atoms with E-state index in [1.54, 1.807) is 0 Å². The number of phenols is 1. The van der Waals surface area contributed by atoms with E-state index in [1.807, 2.05) is 0 Å². The second-order valence-electron chi connectivity index (χ2n) is 3.68. The van der Waals surface area contributed by atoms with Gasteiger partial charge in [-0.05, 0) is 17.7 Å². The van der Waals surface area contributed by atoms with E-state index in [-0.39, 0.29) is 21.9 Å². The lowest BCUT2D eigenvalue weighted by atomic mass is 9.98. The third-order valence-corrected chi connectivity index (χ3v) is 2.81. The molecule has 0 bridgehead atoms. The molecule has 0 spiro atoms. The molecule has 0 aliphatic carbocycles. The summed E-state index contributed by atoms with van der Waals surface area (Å²) in [5.41, 5.74) is -0.831. The Hall–Kier alpha value is -1.68. The fraction of sp³-hybridized carbons (Fsp3) is 0.0769. The predicted molar refractivity (Wildman–Crippen MR) is 63.6 cm³/mol. The van der Waals surface area contributed by atoms with Crippen LogP contribution < -0.4 is 0 Å². The Kier molecular flexibility index (Phi) is 3.22. The minimum atomic E-state index is -4.48. The monoisotopic (exact) mass is 272 g/mol. The van der Waals surface area contributed by atoms with E-state index in [4.69, 9.17) is 11.6 Å². The number of hydrogen-bond donors (Lipinski definition) is 1. The lowest BCUT2D eigenvalue weighted by Gasteiger charge is -2.14. The van der Waals surface area contributed by atoms with Crippen LogP contribution in [0.2, 0.25) is 5.02 Å². The number of hydrogen-bond acceptors (Lipinski definition) is 1. The number of rotatable bonds is 1. The molecular weight excluding hydrogens is 265 g/mol. The summed E-state index contributed by atoms with van der Waals surface area (Å²) in [5, 5.41) is 9.76. The molecule has 0 aliphatic heterocycles. The SMILES string of the molecule is Oc1c(Cl)cccc1-c1ccccc1C(F)(F)F. The fourth-order valence-electron chi connectivity index (χ4n) is 1.70. The zero-order valence-electron chi connectivity index (χ0n) is 9.00. The average Bonchev–Trinajstić information content (AvgIpc) is 2.32. The number of alkyl halides is 3. The molecule has 0 heterocycles. The van der Waals surface area contributed by atoms with E-state index >= 15 is 0 Å². The Balaban J connectivity index is 2.69. The summed E-state index contributed by atoms with van der Waals surface area (Å²) in [7, 11) is 0. The van der Waals surface area contributed by atoms with Crippen molar-refractivity contribution in [2.45, 2.75) is 6.18 Å². The van der Waals surface area contributed by atoms with Crippen molar-refractivity contribution in [1.82, 2.24) is 0 Å². The lowest BCUT2D eigenvalue weighted by molar-refractivity contribution is -0.137. The smallest absolute Gasteiger partial charge is 0.417 e. The Morgan fingerprint density at radius 1 is 0.889 bits per heavy atom. The minimum Gasteiger partial charge on any atom is -0.506 e. The molecule has 2 rings (SSSR count). The lowest BCUT2D eigenvalue weighted by Crippen LogP contribution is -2.06. The highest BCUT2D eigenvalue weighted by Crippen LogP contribution is 2.41. The van der Waals surface area contributed by atoms with Gasteiger partial charge < -0.3 is 5.11 Å². The molecule has 2 aromatic carbocycles. The topological polar surface area (TPSA) is 20.2 Å². The molecule has 5 heteroatoms. The maximum Gasteiger partial charge on any atom is 0.417 e. The van der Waals surface area contributed by atoms with Gasteiger partial charge in [0, 0.05) is 5.56 Å². The molecule has 0 atom stereocenters. The molecule has 1 nitrogen and oxygen atoms in total. The van der Waals surface area contributed by atoms with Gasteiger partial charge in [-0.25, -0.2) is 0 Å². The van der Waals surface area contributed by atoms with Crippen LogP contribution in [0.1, 0.15) is 5.56 Å². The van der Waals surface area contributed by atoms with Crippen LogP contribution in [0, 0.1) is 0 Å². The quantitative estimate of drug-likeness (QED) is 0.795. The molecule has 18 heavy (non-hydrogen) atoms. The Morgan fingerprint density at radius 2 is 1.50 bits per heavy atom. The summed E-state index contributed by atoms with van der Waals surface area (Å²) in [4.78, 5) is 0. The van der Waals surface area contributed by atoms with Gasteiger partial charge in [0.25, 0.3) is 0 Å². The first-order valence-corrected chi connectivity index (χ1v) is 5.43. The summed E-state index contributed by atoms with van der Waals surface area (Å²) in [5.74, 6) is -0.351. The zero-order valence-corrected chi connectivity index (χ0v) is 9.76. The molecule has 1 N–H and O–H groups in total. The molecule has 0 fully saturated rings. The van der Waals surface area contributed by atoms with E-state index in [2.05, 4.69) is 0 Å². The van der Waals surface area contributed by atoms with Crippen molar-refractivity contribution in [3.05, 3.63) is 53.1 Å². The largest absolute Gasteiger partial charge is 0.506 e. The van der Waals surface area contributed by atoms with Gasteiger partial charge in [-0.3, -0.25) is 0 Å². The van der Waals surface area contributed by atoms with Crippen LogP contribution in [-0.2, 0) is 6.18 Å². The fourth-order valence-corrected chi connectivity index (χ4v) is 1.87. The first-order valence-electron chi connectivity index (χ1n) is 5.05. The molecule has 0 aliphatic rings. The van der Waals surface area contributed by atoms with Crippen molar-refractivity contribution >= 4 is 11.6 Å². The van der Waals surface area contributed by atoms with Gasteiger partial charge in [0.05, 0.1) is 10.6 Å². The van der Waals surface area contributed by atoms with Crippen molar-refractivity contribution in [1.29, 1.82) is 0 Å². The summed E-state index contributed by atoms with van der Waals surface area (Å²) in [6, 6.07) is 9.34. The van der Waals surface area contributed by atoms with Crippen LogP contribution in [0.25, 0.3) is 11.1 Å². The molecule has 0 saturated carbocycles. The second kappa shape index (κ2) is 4.53. The van der Waals surface area contributed by atoms with Crippen LogP contribution in [-0.4, -0.2) is 5.11 Å². The molecule has 0 saturated heterocycles. The molecule has 0 radical (unpaired) electrons. The highest BCUT2D eigenvalue weighted by Gasteiger charge is 2.33. The summed E-state index contributed by atoms with van der Waals surface area (Å²) in [6.45, 7) is 0. The minimum absolute atomic E-state index is 0.0180. The van der Waals surface area contributed by atoms with Crippen LogP contribution in [0.4, 0.5) is 13.2 Å². The van der Waals surface area contributed by atoms with Crippen molar-refractivity contribution < 1.29 is 18.3 Å².